The minimum Gasteiger partial charge on any atom is -0.0622 e. The molecule has 0 unspecified atom stereocenters. The van der Waals surface area contributed by atoms with E-state index in [0.29, 0.717) is 0 Å². The first-order chi connectivity index (χ1) is 19.8. The van der Waals surface area contributed by atoms with Gasteiger partial charge in [0, 0.05) is 0 Å². The van der Waals surface area contributed by atoms with Crippen LogP contribution in [0.5, 0.6) is 0 Å². The maximum absolute atomic E-state index is 2.40. The Kier molecular flexibility index (Phi) is 5.24. The van der Waals surface area contributed by atoms with E-state index in [-0.39, 0.29) is 0 Å². The molecule has 0 aliphatic rings. The molecule has 8 rings (SSSR count). The monoisotopic (exact) mass is 506 g/mol. The predicted octanol–water partition coefficient (Wildman–Crippen LogP) is 11.3. The molecule has 0 aliphatic heterocycles. The molecule has 0 fully saturated rings. The largest absolute Gasteiger partial charge is 0.0622 e. The van der Waals surface area contributed by atoms with Gasteiger partial charge >= 0.3 is 0 Å². The zero-order chi connectivity index (χ0) is 26.5. The Bertz CT molecular complexity index is 2190. The SMILES string of the molecule is c1ccc(-c2ccc3c(-c4cc5ccccc5c5ccccc45)c4cc(-c5ccccc5)ccc4cc3c2)cc1. The van der Waals surface area contributed by atoms with E-state index in [0.717, 1.165) is 0 Å². The summed E-state index contributed by atoms with van der Waals surface area (Å²) in [6.45, 7) is 0. The van der Waals surface area contributed by atoms with Gasteiger partial charge in [-0.05, 0) is 101 Å². The fraction of sp³-hybridized carbons (Fsp3) is 0. The molecular weight excluding hydrogens is 480 g/mol. The van der Waals surface area contributed by atoms with Crippen LogP contribution in [0.3, 0.4) is 0 Å². The Labute approximate surface area is 233 Å². The number of fused-ring (bicyclic) bond motifs is 5. The molecule has 0 bridgehead atoms. The summed E-state index contributed by atoms with van der Waals surface area (Å²) in [5.41, 5.74) is 7.52. The van der Waals surface area contributed by atoms with Gasteiger partial charge in [-0.15, -0.1) is 0 Å². The number of rotatable bonds is 3. The van der Waals surface area contributed by atoms with Crippen LogP contribution >= 0.6 is 0 Å². The van der Waals surface area contributed by atoms with E-state index in [9.17, 15) is 0 Å². The molecule has 0 saturated heterocycles. The molecule has 0 spiro atoms. The van der Waals surface area contributed by atoms with Gasteiger partial charge in [-0.2, -0.15) is 0 Å². The Morgan fingerprint density at radius 3 is 1.57 bits per heavy atom. The van der Waals surface area contributed by atoms with Crippen molar-refractivity contribution in [3.05, 3.63) is 158 Å². The fourth-order valence-corrected chi connectivity index (χ4v) is 6.29. The van der Waals surface area contributed by atoms with Crippen molar-refractivity contribution in [2.24, 2.45) is 0 Å². The summed E-state index contributed by atoms with van der Waals surface area (Å²) in [6, 6.07) is 57.6. The minimum atomic E-state index is 1.23. The lowest BCUT2D eigenvalue weighted by molar-refractivity contribution is 1.64. The first kappa shape index (κ1) is 22.8. The summed E-state index contributed by atoms with van der Waals surface area (Å²) in [7, 11) is 0. The molecule has 0 nitrogen and oxygen atoms in total. The number of hydrogen-bond donors (Lipinski definition) is 0. The van der Waals surface area contributed by atoms with Crippen molar-refractivity contribution in [3.8, 4) is 33.4 Å². The van der Waals surface area contributed by atoms with Crippen LogP contribution in [0.15, 0.2) is 158 Å². The van der Waals surface area contributed by atoms with Crippen LogP contribution in [-0.2, 0) is 0 Å². The van der Waals surface area contributed by atoms with Gasteiger partial charge in [-0.3, -0.25) is 0 Å². The molecule has 0 atom stereocenters. The van der Waals surface area contributed by atoms with E-state index in [2.05, 4.69) is 158 Å². The highest BCUT2D eigenvalue weighted by Gasteiger charge is 2.16. The van der Waals surface area contributed by atoms with Crippen LogP contribution in [0.25, 0.3) is 76.5 Å². The van der Waals surface area contributed by atoms with Crippen molar-refractivity contribution in [1.82, 2.24) is 0 Å². The van der Waals surface area contributed by atoms with E-state index in [4.69, 9.17) is 0 Å². The summed E-state index contributed by atoms with van der Waals surface area (Å²) < 4.78 is 0. The first-order valence-corrected chi connectivity index (χ1v) is 13.9. The molecule has 186 valence electrons. The van der Waals surface area contributed by atoms with Crippen molar-refractivity contribution >= 4 is 43.1 Å². The topological polar surface area (TPSA) is 0 Å². The van der Waals surface area contributed by atoms with Crippen LogP contribution in [0.1, 0.15) is 0 Å². The van der Waals surface area contributed by atoms with Gasteiger partial charge in [0.25, 0.3) is 0 Å². The van der Waals surface area contributed by atoms with Crippen molar-refractivity contribution in [1.29, 1.82) is 0 Å². The van der Waals surface area contributed by atoms with Crippen molar-refractivity contribution in [3.63, 3.8) is 0 Å². The summed E-state index contributed by atoms with van der Waals surface area (Å²) in [5.74, 6) is 0. The molecule has 0 N–H and O–H groups in total. The normalized spacial score (nSPS) is 11.5. The molecule has 0 heteroatoms. The maximum atomic E-state index is 2.40. The Hall–Kier alpha value is -5.20. The summed E-state index contributed by atoms with van der Waals surface area (Å²) in [4.78, 5) is 0. The molecule has 0 amide bonds. The molecule has 8 aromatic carbocycles. The molecule has 8 aromatic rings. The summed E-state index contributed by atoms with van der Waals surface area (Å²) in [6.07, 6.45) is 0. The highest BCUT2D eigenvalue weighted by Crippen LogP contribution is 2.43. The van der Waals surface area contributed by atoms with Crippen molar-refractivity contribution < 1.29 is 0 Å². The molecule has 40 heavy (non-hydrogen) atoms. The van der Waals surface area contributed by atoms with E-state index >= 15 is 0 Å². The average molecular weight is 507 g/mol. The van der Waals surface area contributed by atoms with E-state index < -0.39 is 0 Å². The molecule has 0 radical (unpaired) electrons. The van der Waals surface area contributed by atoms with E-state index in [1.165, 1.54) is 76.5 Å². The molecule has 0 aromatic heterocycles. The molecule has 0 heterocycles. The van der Waals surface area contributed by atoms with Crippen LogP contribution in [0, 0.1) is 0 Å². The van der Waals surface area contributed by atoms with Crippen LogP contribution in [-0.4, -0.2) is 0 Å². The summed E-state index contributed by atoms with van der Waals surface area (Å²) >= 11 is 0. The van der Waals surface area contributed by atoms with Gasteiger partial charge in [-0.25, -0.2) is 0 Å². The number of hydrogen-bond acceptors (Lipinski definition) is 0. The van der Waals surface area contributed by atoms with Gasteiger partial charge in [0.1, 0.15) is 0 Å². The lowest BCUT2D eigenvalue weighted by atomic mass is 9.86. The third-order valence-electron chi connectivity index (χ3n) is 8.21. The quantitative estimate of drug-likeness (QED) is 0.165. The molecular formula is C40H26. The van der Waals surface area contributed by atoms with Gasteiger partial charge in [0.05, 0.1) is 0 Å². The van der Waals surface area contributed by atoms with Gasteiger partial charge in [0.2, 0.25) is 0 Å². The fourth-order valence-electron chi connectivity index (χ4n) is 6.29. The van der Waals surface area contributed by atoms with E-state index in [1.807, 2.05) is 0 Å². The van der Waals surface area contributed by atoms with E-state index in [1.54, 1.807) is 0 Å². The highest BCUT2D eigenvalue weighted by atomic mass is 14.2. The van der Waals surface area contributed by atoms with Gasteiger partial charge in [-0.1, -0.05) is 133 Å². The second-order valence-electron chi connectivity index (χ2n) is 10.5. The Balaban J connectivity index is 1.51. The highest BCUT2D eigenvalue weighted by molar-refractivity contribution is 6.22. The lowest BCUT2D eigenvalue weighted by Gasteiger charge is -2.17. The maximum Gasteiger partial charge on any atom is -0.00201 e. The lowest BCUT2D eigenvalue weighted by Crippen LogP contribution is -1.90. The Morgan fingerprint density at radius 1 is 0.250 bits per heavy atom. The predicted molar refractivity (Wildman–Crippen MR) is 173 cm³/mol. The van der Waals surface area contributed by atoms with Crippen LogP contribution in [0.4, 0.5) is 0 Å². The standard InChI is InChI=1S/C40H26/c1-3-11-27(12-4-1)29-21-22-35-33(23-29)24-32-20-19-30(28-13-5-2-6-14-28)25-38(32)40(35)39-26-31-15-7-8-16-34(31)36-17-9-10-18-37(36)39/h1-26H. The van der Waals surface area contributed by atoms with Gasteiger partial charge in [0.15, 0.2) is 0 Å². The third-order valence-corrected chi connectivity index (χ3v) is 8.21. The smallest absolute Gasteiger partial charge is 0.00201 e. The van der Waals surface area contributed by atoms with Crippen molar-refractivity contribution in [2.75, 3.05) is 0 Å². The minimum absolute atomic E-state index is 1.23. The zero-order valence-corrected chi connectivity index (χ0v) is 22.0. The molecule has 0 saturated carbocycles. The third kappa shape index (κ3) is 3.69. The second-order valence-corrected chi connectivity index (χ2v) is 10.5. The average Bonchev–Trinajstić information content (AvgIpc) is 3.03. The second kappa shape index (κ2) is 9.22. The van der Waals surface area contributed by atoms with Crippen LogP contribution < -0.4 is 0 Å². The first-order valence-electron chi connectivity index (χ1n) is 13.9. The van der Waals surface area contributed by atoms with Crippen LogP contribution in [0.2, 0.25) is 0 Å². The Morgan fingerprint density at radius 2 is 0.825 bits per heavy atom. The zero-order valence-electron chi connectivity index (χ0n) is 22.0. The van der Waals surface area contributed by atoms with Gasteiger partial charge < -0.3 is 0 Å². The number of benzene rings is 8. The molecule has 0 aliphatic carbocycles. The van der Waals surface area contributed by atoms with Crippen molar-refractivity contribution in [2.45, 2.75) is 0 Å². The summed E-state index contributed by atoms with van der Waals surface area (Å²) in [5, 5.41) is 10.2.